The van der Waals surface area contributed by atoms with Crippen LogP contribution in [0.3, 0.4) is 0 Å². The van der Waals surface area contributed by atoms with Crippen molar-refractivity contribution in [3.8, 4) is 0 Å². The molecule has 1 aromatic rings. The fourth-order valence-corrected chi connectivity index (χ4v) is 2.57. The zero-order valence-corrected chi connectivity index (χ0v) is 13.0. The van der Waals surface area contributed by atoms with Crippen LogP contribution in [0.5, 0.6) is 0 Å². The molecule has 0 amide bonds. The van der Waals surface area contributed by atoms with Crippen LogP contribution < -0.4 is 5.32 Å². The zero-order chi connectivity index (χ0) is 12.8. The van der Waals surface area contributed by atoms with E-state index >= 15 is 0 Å². The van der Waals surface area contributed by atoms with Crippen molar-refractivity contribution >= 4 is 26.7 Å². The number of rotatable bonds is 6. The molecule has 96 valence electrons. The topological polar surface area (TPSA) is 29.1 Å². The highest BCUT2D eigenvalue weighted by Crippen LogP contribution is 2.17. The first kappa shape index (κ1) is 14.9. The summed E-state index contributed by atoms with van der Waals surface area (Å²) in [5.41, 5.74) is 2.52. The van der Waals surface area contributed by atoms with Crippen LogP contribution in [-0.2, 0) is 17.3 Å². The fraction of sp³-hybridized carbons (Fsp3) is 0.538. The van der Waals surface area contributed by atoms with Gasteiger partial charge in [0.15, 0.2) is 0 Å². The van der Waals surface area contributed by atoms with E-state index in [1.165, 1.54) is 11.1 Å². The maximum atomic E-state index is 11.2. The molecule has 0 aliphatic carbocycles. The molecule has 2 nitrogen and oxygen atoms in total. The van der Waals surface area contributed by atoms with Crippen molar-refractivity contribution in [1.29, 1.82) is 0 Å². The lowest BCUT2D eigenvalue weighted by atomic mass is 10.1. The van der Waals surface area contributed by atoms with Gasteiger partial charge in [-0.1, -0.05) is 35.0 Å². The lowest BCUT2D eigenvalue weighted by Crippen LogP contribution is -2.21. The Hall–Kier alpha value is -0.190. The van der Waals surface area contributed by atoms with Gasteiger partial charge < -0.3 is 5.32 Å². The first-order valence-electron chi connectivity index (χ1n) is 5.78. The van der Waals surface area contributed by atoms with Gasteiger partial charge in [0.2, 0.25) is 0 Å². The number of benzene rings is 1. The molecular weight excluding hydrogens is 298 g/mol. The molecule has 0 heterocycles. The standard InChI is InChI=1S/C13H20BrNOS/c1-10-4-5-12(13(14)8-10)9-15-7-6-11(2)17(3)16/h4-5,8,11,15H,6-7,9H2,1-3H3. The summed E-state index contributed by atoms with van der Waals surface area (Å²) in [5.74, 6) is 0. The Morgan fingerprint density at radius 1 is 1.47 bits per heavy atom. The van der Waals surface area contributed by atoms with Crippen LogP contribution in [0.4, 0.5) is 0 Å². The average molecular weight is 318 g/mol. The van der Waals surface area contributed by atoms with E-state index in [4.69, 9.17) is 0 Å². The molecule has 1 N–H and O–H groups in total. The van der Waals surface area contributed by atoms with Gasteiger partial charge >= 0.3 is 0 Å². The van der Waals surface area contributed by atoms with Crippen LogP contribution in [0.15, 0.2) is 22.7 Å². The minimum Gasteiger partial charge on any atom is -0.313 e. The van der Waals surface area contributed by atoms with Crippen LogP contribution in [0, 0.1) is 6.92 Å². The van der Waals surface area contributed by atoms with Crippen LogP contribution in [-0.4, -0.2) is 22.3 Å². The van der Waals surface area contributed by atoms with Gasteiger partial charge in [0.05, 0.1) is 0 Å². The lowest BCUT2D eigenvalue weighted by Gasteiger charge is -2.10. The van der Waals surface area contributed by atoms with E-state index in [-0.39, 0.29) is 5.25 Å². The van der Waals surface area contributed by atoms with Gasteiger partial charge in [-0.25, -0.2) is 0 Å². The van der Waals surface area contributed by atoms with Gasteiger partial charge in [0.1, 0.15) is 0 Å². The molecular formula is C13H20BrNOS. The third-order valence-corrected chi connectivity index (χ3v) is 4.93. The van der Waals surface area contributed by atoms with Crippen molar-refractivity contribution in [3.05, 3.63) is 33.8 Å². The maximum absolute atomic E-state index is 11.2. The zero-order valence-electron chi connectivity index (χ0n) is 10.6. The minimum atomic E-state index is -0.715. The molecule has 0 spiro atoms. The third kappa shape index (κ3) is 5.32. The molecule has 0 fully saturated rings. The van der Waals surface area contributed by atoms with Gasteiger partial charge in [-0.3, -0.25) is 4.21 Å². The van der Waals surface area contributed by atoms with E-state index in [0.29, 0.717) is 0 Å². The Morgan fingerprint density at radius 3 is 2.76 bits per heavy atom. The highest BCUT2D eigenvalue weighted by Gasteiger charge is 2.05. The summed E-state index contributed by atoms with van der Waals surface area (Å²) in [5, 5.41) is 3.65. The van der Waals surface area contributed by atoms with E-state index in [1.807, 2.05) is 6.92 Å². The largest absolute Gasteiger partial charge is 0.313 e. The summed E-state index contributed by atoms with van der Waals surface area (Å²) in [4.78, 5) is 0. The first-order chi connectivity index (χ1) is 8.00. The smallest absolute Gasteiger partial charge is 0.0329 e. The van der Waals surface area contributed by atoms with Crippen molar-refractivity contribution in [2.45, 2.75) is 32.1 Å². The molecule has 2 unspecified atom stereocenters. The molecule has 0 saturated heterocycles. The molecule has 0 saturated carbocycles. The Morgan fingerprint density at radius 2 is 2.18 bits per heavy atom. The van der Waals surface area contributed by atoms with Gasteiger partial charge in [0.25, 0.3) is 0 Å². The SMILES string of the molecule is Cc1ccc(CNCCC(C)S(C)=O)c(Br)c1. The second-order valence-electron chi connectivity index (χ2n) is 4.37. The Balaban J connectivity index is 2.34. The molecule has 0 aliphatic heterocycles. The Labute approximate surface area is 115 Å². The van der Waals surface area contributed by atoms with Crippen molar-refractivity contribution in [2.75, 3.05) is 12.8 Å². The van der Waals surface area contributed by atoms with E-state index in [1.54, 1.807) is 6.26 Å². The summed E-state index contributed by atoms with van der Waals surface area (Å²) in [6.07, 6.45) is 2.72. The van der Waals surface area contributed by atoms with Crippen LogP contribution in [0.1, 0.15) is 24.5 Å². The molecule has 0 radical (unpaired) electrons. The number of halogens is 1. The number of aryl methyl sites for hydroxylation is 1. The summed E-state index contributed by atoms with van der Waals surface area (Å²) in [6, 6.07) is 6.38. The van der Waals surface area contributed by atoms with E-state index in [0.717, 1.165) is 24.0 Å². The number of hydrogen-bond donors (Lipinski definition) is 1. The normalized spacial score (nSPS) is 14.6. The van der Waals surface area contributed by atoms with Crippen molar-refractivity contribution in [1.82, 2.24) is 5.32 Å². The molecule has 2 atom stereocenters. The van der Waals surface area contributed by atoms with Crippen LogP contribution in [0.2, 0.25) is 0 Å². The van der Waals surface area contributed by atoms with E-state index < -0.39 is 10.8 Å². The van der Waals surface area contributed by atoms with Crippen molar-refractivity contribution < 1.29 is 4.21 Å². The van der Waals surface area contributed by atoms with Gasteiger partial charge in [-0.15, -0.1) is 0 Å². The predicted octanol–water partition coefficient (Wildman–Crippen LogP) is 3.00. The molecule has 17 heavy (non-hydrogen) atoms. The summed E-state index contributed by atoms with van der Waals surface area (Å²) in [7, 11) is -0.715. The highest BCUT2D eigenvalue weighted by molar-refractivity contribution is 9.10. The second-order valence-corrected chi connectivity index (χ2v) is 7.03. The van der Waals surface area contributed by atoms with Gasteiger partial charge in [0, 0.05) is 33.3 Å². The predicted molar refractivity (Wildman–Crippen MR) is 78.7 cm³/mol. The van der Waals surface area contributed by atoms with Gasteiger partial charge in [-0.2, -0.15) is 0 Å². The molecule has 1 aromatic carbocycles. The Kier molecular flexibility index (Phi) is 6.38. The monoisotopic (exact) mass is 317 g/mol. The van der Waals surface area contributed by atoms with Crippen LogP contribution >= 0.6 is 15.9 Å². The quantitative estimate of drug-likeness (QED) is 0.817. The van der Waals surface area contributed by atoms with E-state index in [2.05, 4.69) is 46.4 Å². The van der Waals surface area contributed by atoms with E-state index in [9.17, 15) is 4.21 Å². The highest BCUT2D eigenvalue weighted by atomic mass is 79.9. The average Bonchev–Trinajstić information content (AvgIpc) is 2.26. The Bertz CT molecular complexity index is 395. The fourth-order valence-electron chi connectivity index (χ4n) is 1.49. The first-order valence-corrected chi connectivity index (χ1v) is 8.20. The molecule has 4 heteroatoms. The van der Waals surface area contributed by atoms with Gasteiger partial charge in [-0.05, 0) is 37.1 Å². The van der Waals surface area contributed by atoms with Crippen LogP contribution in [0.25, 0.3) is 0 Å². The summed E-state index contributed by atoms with van der Waals surface area (Å²) >= 11 is 3.56. The summed E-state index contributed by atoms with van der Waals surface area (Å²) < 4.78 is 12.3. The summed E-state index contributed by atoms with van der Waals surface area (Å²) in [6.45, 7) is 5.87. The molecule has 0 aromatic heterocycles. The maximum Gasteiger partial charge on any atom is 0.0329 e. The number of hydrogen-bond acceptors (Lipinski definition) is 2. The molecule has 0 aliphatic rings. The lowest BCUT2D eigenvalue weighted by molar-refractivity contribution is 0.628. The van der Waals surface area contributed by atoms with Crippen molar-refractivity contribution in [3.63, 3.8) is 0 Å². The molecule has 1 rings (SSSR count). The van der Waals surface area contributed by atoms with Crippen molar-refractivity contribution in [2.24, 2.45) is 0 Å². The third-order valence-electron chi connectivity index (χ3n) is 2.82. The molecule has 0 bridgehead atoms. The minimum absolute atomic E-state index is 0.268. The number of nitrogens with one attached hydrogen (secondary N) is 1. The second kappa shape index (κ2) is 7.29.